The minimum absolute atomic E-state index is 0.0438. The first-order valence-corrected chi connectivity index (χ1v) is 11.6. The summed E-state index contributed by atoms with van der Waals surface area (Å²) in [5.41, 5.74) is 14.4. The molecule has 0 aliphatic carbocycles. The fraction of sp³-hybridized carbons (Fsp3) is 0.250. The average molecular weight is 473 g/mol. The van der Waals surface area contributed by atoms with Gasteiger partial charge in [-0.25, -0.2) is 4.79 Å². The first kappa shape index (κ1) is 25.5. The largest absolute Gasteiger partial charge is 0.480 e. The molecule has 0 aromatic heterocycles. The average Bonchev–Trinajstić information content (AvgIpc) is 2.85. The highest BCUT2D eigenvalue weighted by Crippen LogP contribution is 2.29. The highest BCUT2D eigenvalue weighted by Gasteiger charge is 2.35. The topological polar surface area (TPSA) is 122 Å². The molecule has 1 atom stereocenters. The summed E-state index contributed by atoms with van der Waals surface area (Å²) in [6.45, 7) is 2.45. The molecule has 0 aliphatic heterocycles. The Kier molecular flexibility index (Phi) is 9.01. The van der Waals surface area contributed by atoms with Gasteiger partial charge in [0.25, 0.3) is 0 Å². The number of rotatable bonds is 11. The number of aliphatic imine (C=N–C) groups is 1. The van der Waals surface area contributed by atoms with E-state index in [0.717, 1.165) is 22.3 Å². The Balaban J connectivity index is 2.02. The highest BCUT2D eigenvalue weighted by atomic mass is 16.4. The maximum absolute atomic E-state index is 14.2. The zero-order valence-electron chi connectivity index (χ0n) is 19.9. The van der Waals surface area contributed by atoms with E-state index in [1.807, 2.05) is 91.9 Å². The molecule has 182 valence electrons. The molecule has 35 heavy (non-hydrogen) atoms. The molecule has 3 rings (SSSR count). The number of carbonyl (C=O) groups is 2. The summed E-state index contributed by atoms with van der Waals surface area (Å²) in [5, 5.41) is 10.2. The van der Waals surface area contributed by atoms with Gasteiger partial charge in [0.1, 0.15) is 6.04 Å². The van der Waals surface area contributed by atoms with Crippen LogP contribution >= 0.6 is 0 Å². The van der Waals surface area contributed by atoms with Crippen LogP contribution in [0.5, 0.6) is 0 Å². The fourth-order valence-corrected chi connectivity index (χ4v) is 4.07. The molecule has 7 heteroatoms. The highest BCUT2D eigenvalue weighted by molar-refractivity contribution is 5.90. The van der Waals surface area contributed by atoms with Crippen molar-refractivity contribution < 1.29 is 14.7 Å². The molecule has 0 bridgehead atoms. The summed E-state index contributed by atoms with van der Waals surface area (Å²) in [4.78, 5) is 32.1. The van der Waals surface area contributed by atoms with E-state index in [0.29, 0.717) is 13.0 Å². The molecule has 0 saturated heterocycles. The second-order valence-electron chi connectivity index (χ2n) is 8.51. The lowest BCUT2D eigenvalue weighted by atomic mass is 9.89. The summed E-state index contributed by atoms with van der Waals surface area (Å²) in [6, 6.07) is 25.6. The van der Waals surface area contributed by atoms with Crippen LogP contribution in [0.25, 0.3) is 0 Å². The zero-order chi connectivity index (χ0) is 25.2. The van der Waals surface area contributed by atoms with Crippen molar-refractivity contribution in [1.29, 1.82) is 0 Å². The monoisotopic (exact) mass is 472 g/mol. The van der Waals surface area contributed by atoms with Crippen molar-refractivity contribution in [3.05, 3.63) is 107 Å². The molecule has 1 amide bonds. The number of carbonyl (C=O) groups excluding carboxylic acids is 1. The van der Waals surface area contributed by atoms with Crippen molar-refractivity contribution in [3.8, 4) is 0 Å². The molecular weight excluding hydrogens is 440 g/mol. The number of amides is 1. The van der Waals surface area contributed by atoms with Gasteiger partial charge in [-0.2, -0.15) is 0 Å². The van der Waals surface area contributed by atoms with Gasteiger partial charge in [0.2, 0.25) is 5.91 Å². The Labute approximate surface area is 206 Å². The number of nitrogens with zero attached hydrogens (tertiary/aromatic N) is 2. The molecule has 5 N–H and O–H groups in total. The standard InChI is InChI=1S/C28H32N4O3/c1-20-14-16-21(17-15-20)19-32(24(27(34)35)13-8-18-31-28(29)30)26(33)25(22-9-4-2-5-10-22)23-11-6-3-7-12-23/h2-7,9-12,14-17,24-25H,8,13,18-19H2,1H3,(H,34,35)(H4,29,30,31)/t24-/m1/s1. The molecule has 0 spiro atoms. The molecule has 0 radical (unpaired) electrons. The van der Waals surface area contributed by atoms with Gasteiger partial charge < -0.3 is 21.5 Å². The fourth-order valence-electron chi connectivity index (χ4n) is 4.07. The number of aryl methyl sites for hydroxylation is 1. The Bertz CT molecular complexity index is 1090. The summed E-state index contributed by atoms with van der Waals surface area (Å²) < 4.78 is 0. The van der Waals surface area contributed by atoms with E-state index in [4.69, 9.17) is 11.5 Å². The molecule has 7 nitrogen and oxygen atoms in total. The van der Waals surface area contributed by atoms with Crippen LogP contribution in [-0.4, -0.2) is 40.4 Å². The molecule has 0 fully saturated rings. The molecule has 0 unspecified atom stereocenters. The van der Waals surface area contributed by atoms with Gasteiger partial charge in [-0.3, -0.25) is 9.79 Å². The van der Waals surface area contributed by atoms with Crippen LogP contribution in [0, 0.1) is 6.92 Å². The summed E-state index contributed by atoms with van der Waals surface area (Å²) in [6.07, 6.45) is 0.647. The third kappa shape index (κ3) is 7.17. The van der Waals surface area contributed by atoms with Crippen LogP contribution in [0.1, 0.15) is 41.0 Å². The molecule has 3 aromatic carbocycles. The van der Waals surface area contributed by atoms with E-state index in [1.165, 1.54) is 4.90 Å². The Morgan fingerprint density at radius 3 is 1.91 bits per heavy atom. The molecule has 0 aliphatic rings. The Morgan fingerprint density at radius 1 is 0.886 bits per heavy atom. The lowest BCUT2D eigenvalue weighted by Gasteiger charge is -2.33. The zero-order valence-corrected chi connectivity index (χ0v) is 19.9. The third-order valence-corrected chi connectivity index (χ3v) is 5.86. The number of aliphatic carboxylic acids is 1. The SMILES string of the molecule is Cc1ccc(CN(C(=O)C(c2ccccc2)c2ccccc2)[C@H](CCCN=C(N)N)C(=O)O)cc1. The number of nitrogens with two attached hydrogens (primary N) is 2. The third-order valence-electron chi connectivity index (χ3n) is 5.86. The van der Waals surface area contributed by atoms with Gasteiger partial charge in [0, 0.05) is 13.1 Å². The smallest absolute Gasteiger partial charge is 0.326 e. The van der Waals surface area contributed by atoms with E-state index in [2.05, 4.69) is 4.99 Å². The molecule has 0 heterocycles. The van der Waals surface area contributed by atoms with Crippen LogP contribution in [0.4, 0.5) is 0 Å². The maximum atomic E-state index is 14.2. The predicted octanol–water partition coefficient (Wildman–Crippen LogP) is 3.66. The van der Waals surface area contributed by atoms with E-state index in [9.17, 15) is 14.7 Å². The lowest BCUT2D eigenvalue weighted by molar-refractivity contribution is -0.151. The molecular formula is C28H32N4O3. The predicted molar refractivity (Wildman–Crippen MR) is 138 cm³/mol. The number of hydrogen-bond donors (Lipinski definition) is 3. The minimum Gasteiger partial charge on any atom is -0.480 e. The van der Waals surface area contributed by atoms with Gasteiger partial charge in [-0.1, -0.05) is 90.5 Å². The minimum atomic E-state index is -1.06. The second-order valence-corrected chi connectivity index (χ2v) is 8.51. The van der Waals surface area contributed by atoms with E-state index < -0.39 is 17.9 Å². The number of guanidine groups is 1. The summed E-state index contributed by atoms with van der Waals surface area (Å²) in [5.74, 6) is -2.01. The van der Waals surface area contributed by atoms with E-state index in [-0.39, 0.29) is 24.8 Å². The van der Waals surface area contributed by atoms with Gasteiger partial charge in [0.05, 0.1) is 5.92 Å². The molecule has 3 aromatic rings. The summed E-state index contributed by atoms with van der Waals surface area (Å²) >= 11 is 0. The molecule has 0 saturated carbocycles. The van der Waals surface area contributed by atoms with Crippen molar-refractivity contribution >= 4 is 17.8 Å². The van der Waals surface area contributed by atoms with Gasteiger partial charge in [-0.15, -0.1) is 0 Å². The first-order valence-electron chi connectivity index (χ1n) is 11.6. The van der Waals surface area contributed by atoms with Gasteiger partial charge in [0.15, 0.2) is 5.96 Å². The van der Waals surface area contributed by atoms with E-state index in [1.54, 1.807) is 0 Å². The normalized spacial score (nSPS) is 11.6. The van der Waals surface area contributed by atoms with Crippen molar-refractivity contribution in [2.24, 2.45) is 16.5 Å². The Hall–Kier alpha value is -4.13. The van der Waals surface area contributed by atoms with Crippen molar-refractivity contribution in [3.63, 3.8) is 0 Å². The van der Waals surface area contributed by atoms with Crippen LogP contribution in [0.15, 0.2) is 89.9 Å². The number of benzene rings is 3. The lowest BCUT2D eigenvalue weighted by Crippen LogP contribution is -2.47. The van der Waals surface area contributed by atoms with Crippen LogP contribution in [-0.2, 0) is 16.1 Å². The quantitative estimate of drug-likeness (QED) is 0.223. The number of hydrogen-bond acceptors (Lipinski definition) is 3. The van der Waals surface area contributed by atoms with Gasteiger partial charge in [-0.05, 0) is 36.5 Å². The first-order chi connectivity index (χ1) is 16.9. The maximum Gasteiger partial charge on any atom is 0.326 e. The number of carboxylic acid groups (broad SMARTS) is 1. The van der Waals surface area contributed by atoms with E-state index >= 15 is 0 Å². The van der Waals surface area contributed by atoms with Crippen molar-refractivity contribution in [1.82, 2.24) is 4.90 Å². The number of carboxylic acids is 1. The van der Waals surface area contributed by atoms with Crippen LogP contribution in [0.3, 0.4) is 0 Å². The Morgan fingerprint density at radius 2 is 1.43 bits per heavy atom. The van der Waals surface area contributed by atoms with Crippen LogP contribution in [0.2, 0.25) is 0 Å². The van der Waals surface area contributed by atoms with Crippen LogP contribution < -0.4 is 11.5 Å². The van der Waals surface area contributed by atoms with Crippen molar-refractivity contribution in [2.75, 3.05) is 6.54 Å². The second kappa shape index (κ2) is 12.4. The van der Waals surface area contributed by atoms with Crippen molar-refractivity contribution in [2.45, 2.75) is 38.3 Å². The van der Waals surface area contributed by atoms with Gasteiger partial charge >= 0.3 is 5.97 Å². The summed E-state index contributed by atoms with van der Waals surface area (Å²) in [7, 11) is 0.